The summed E-state index contributed by atoms with van der Waals surface area (Å²) in [5.74, 6) is -2.24. The Morgan fingerprint density at radius 3 is 2.63 bits per heavy atom. The normalized spacial score (nSPS) is 16.9. The van der Waals surface area contributed by atoms with Crippen LogP contribution in [-0.4, -0.2) is 51.6 Å². The molecule has 0 radical (unpaired) electrons. The average Bonchev–Trinajstić information content (AvgIpc) is 3.13. The first-order valence-electron chi connectivity index (χ1n) is 9.37. The molecule has 2 atom stereocenters. The van der Waals surface area contributed by atoms with Gasteiger partial charge in [-0.2, -0.15) is 0 Å². The molecule has 0 bridgehead atoms. The van der Waals surface area contributed by atoms with Crippen molar-refractivity contribution in [1.29, 1.82) is 0 Å². The van der Waals surface area contributed by atoms with E-state index in [1.165, 1.54) is 29.0 Å². The quantitative estimate of drug-likeness (QED) is 0.771. The molecule has 1 heterocycles. The molecule has 0 saturated heterocycles. The minimum atomic E-state index is -1.03. The lowest BCUT2D eigenvalue weighted by atomic mass is 10.0. The smallest absolute Gasteiger partial charge is 0.321 e. The van der Waals surface area contributed by atoms with E-state index in [0.717, 1.165) is 18.2 Å². The molecule has 2 amide bonds. The summed E-state index contributed by atoms with van der Waals surface area (Å²) >= 11 is 0. The van der Waals surface area contributed by atoms with Crippen molar-refractivity contribution < 1.29 is 28.6 Å². The zero-order valence-electron chi connectivity index (χ0n) is 16.5. The Kier molecular flexibility index (Phi) is 6.05. The maximum absolute atomic E-state index is 14.3. The number of aliphatic carboxylic acids is 1. The summed E-state index contributed by atoms with van der Waals surface area (Å²) in [6.45, 7) is 1.62. The maximum atomic E-state index is 14.3. The molecule has 2 N–H and O–H groups in total. The number of benzene rings is 2. The molecule has 2 aromatic carbocycles. The van der Waals surface area contributed by atoms with Crippen molar-refractivity contribution in [3.8, 4) is 5.75 Å². The third-order valence-corrected chi connectivity index (χ3v) is 5.20. The van der Waals surface area contributed by atoms with Gasteiger partial charge in [-0.25, -0.2) is 13.6 Å². The highest BCUT2D eigenvalue weighted by Gasteiger charge is 2.34. The standard InChI is InChI=1S/C22H22F2N2O4/c1-13(8-21(28)29)25(2)22(30)26-12-15(18-11-16(23)6-7-19(18)24)10-20(26)14-4-3-5-17(27)9-14/h3-7,9-11,13,20,27H,8,12H2,1-2H3,(H,28,29). The second-order valence-electron chi connectivity index (χ2n) is 7.32. The second kappa shape index (κ2) is 8.52. The lowest BCUT2D eigenvalue weighted by Gasteiger charge is -2.33. The summed E-state index contributed by atoms with van der Waals surface area (Å²) in [5.41, 5.74) is 1.07. The van der Waals surface area contributed by atoms with Crippen molar-refractivity contribution in [3.63, 3.8) is 0 Å². The molecule has 2 unspecified atom stereocenters. The van der Waals surface area contributed by atoms with Gasteiger partial charge in [-0.3, -0.25) is 4.79 Å². The van der Waals surface area contributed by atoms with Crippen LogP contribution in [0.5, 0.6) is 5.75 Å². The Hall–Kier alpha value is -3.42. The molecule has 0 saturated carbocycles. The van der Waals surface area contributed by atoms with Gasteiger partial charge in [-0.05, 0) is 48.4 Å². The monoisotopic (exact) mass is 416 g/mol. The number of amides is 2. The fourth-order valence-corrected chi connectivity index (χ4v) is 3.49. The van der Waals surface area contributed by atoms with E-state index in [2.05, 4.69) is 0 Å². The first-order chi connectivity index (χ1) is 14.2. The molecule has 30 heavy (non-hydrogen) atoms. The molecule has 158 valence electrons. The van der Waals surface area contributed by atoms with Crippen molar-refractivity contribution >= 4 is 17.6 Å². The molecule has 0 fully saturated rings. The van der Waals surface area contributed by atoms with Crippen LogP contribution in [0.15, 0.2) is 48.5 Å². The van der Waals surface area contributed by atoms with E-state index in [1.807, 2.05) is 0 Å². The molecule has 3 rings (SSSR count). The zero-order valence-corrected chi connectivity index (χ0v) is 16.5. The number of halogens is 2. The lowest BCUT2D eigenvalue weighted by Crippen LogP contribution is -2.45. The highest BCUT2D eigenvalue weighted by molar-refractivity contribution is 5.82. The van der Waals surface area contributed by atoms with Crippen LogP contribution in [0.1, 0.15) is 30.5 Å². The van der Waals surface area contributed by atoms with E-state index in [4.69, 9.17) is 5.11 Å². The summed E-state index contributed by atoms with van der Waals surface area (Å²) in [7, 11) is 1.50. The predicted octanol–water partition coefficient (Wildman–Crippen LogP) is 4.03. The predicted molar refractivity (Wildman–Crippen MR) is 107 cm³/mol. The van der Waals surface area contributed by atoms with Crippen molar-refractivity contribution in [2.45, 2.75) is 25.4 Å². The lowest BCUT2D eigenvalue weighted by molar-refractivity contribution is -0.137. The van der Waals surface area contributed by atoms with Crippen LogP contribution in [0.2, 0.25) is 0 Å². The van der Waals surface area contributed by atoms with Gasteiger partial charge in [0.15, 0.2) is 0 Å². The van der Waals surface area contributed by atoms with Gasteiger partial charge >= 0.3 is 12.0 Å². The second-order valence-corrected chi connectivity index (χ2v) is 7.32. The molecular formula is C22H22F2N2O4. The number of phenolic OH excluding ortho intramolecular Hbond substituents is 1. The van der Waals surface area contributed by atoms with Gasteiger partial charge in [-0.15, -0.1) is 0 Å². The summed E-state index contributed by atoms with van der Waals surface area (Å²) in [4.78, 5) is 26.9. The van der Waals surface area contributed by atoms with Crippen LogP contribution >= 0.6 is 0 Å². The fourth-order valence-electron chi connectivity index (χ4n) is 3.49. The zero-order chi connectivity index (χ0) is 22.0. The molecule has 0 aliphatic carbocycles. The van der Waals surface area contributed by atoms with Crippen LogP contribution in [-0.2, 0) is 4.79 Å². The first kappa shape index (κ1) is 21.3. The van der Waals surface area contributed by atoms with Crippen molar-refractivity contribution in [3.05, 3.63) is 71.3 Å². The topological polar surface area (TPSA) is 81.1 Å². The maximum Gasteiger partial charge on any atom is 0.321 e. The Morgan fingerprint density at radius 1 is 1.23 bits per heavy atom. The SMILES string of the molecule is CC(CC(=O)O)N(C)C(=O)N1CC(c2cc(F)ccc2F)=CC1c1cccc(O)c1. The van der Waals surface area contributed by atoms with E-state index in [0.29, 0.717) is 11.1 Å². The molecule has 1 aliphatic heterocycles. The number of aromatic hydroxyl groups is 1. The van der Waals surface area contributed by atoms with Crippen molar-refractivity contribution in [2.75, 3.05) is 13.6 Å². The van der Waals surface area contributed by atoms with Gasteiger partial charge in [0.25, 0.3) is 0 Å². The van der Waals surface area contributed by atoms with Crippen molar-refractivity contribution in [1.82, 2.24) is 9.80 Å². The summed E-state index contributed by atoms with van der Waals surface area (Å²) < 4.78 is 28.1. The largest absolute Gasteiger partial charge is 0.508 e. The van der Waals surface area contributed by atoms with Gasteiger partial charge in [0, 0.05) is 25.2 Å². The van der Waals surface area contributed by atoms with Crippen LogP contribution in [0.3, 0.4) is 0 Å². The number of phenols is 1. The summed E-state index contributed by atoms with van der Waals surface area (Å²) in [6.07, 6.45) is 1.42. The minimum absolute atomic E-state index is 0.00363. The number of nitrogens with zero attached hydrogens (tertiary/aromatic N) is 2. The Labute approximate surface area is 172 Å². The fraction of sp³-hybridized carbons (Fsp3) is 0.273. The summed E-state index contributed by atoms with van der Waals surface area (Å²) in [6, 6.07) is 7.77. The molecule has 0 aromatic heterocycles. The number of carbonyl (C=O) groups is 2. The first-order valence-corrected chi connectivity index (χ1v) is 9.37. The minimum Gasteiger partial charge on any atom is -0.508 e. The molecular weight excluding hydrogens is 394 g/mol. The summed E-state index contributed by atoms with van der Waals surface area (Å²) in [5, 5.41) is 18.9. The number of urea groups is 1. The van der Waals surface area contributed by atoms with E-state index in [-0.39, 0.29) is 24.3 Å². The van der Waals surface area contributed by atoms with Gasteiger partial charge in [0.05, 0.1) is 12.5 Å². The Bertz CT molecular complexity index is 1010. The molecule has 2 aromatic rings. The highest BCUT2D eigenvalue weighted by Crippen LogP contribution is 2.37. The van der Waals surface area contributed by atoms with Crippen LogP contribution in [0.4, 0.5) is 13.6 Å². The molecule has 8 heteroatoms. The van der Waals surface area contributed by atoms with E-state index < -0.39 is 35.7 Å². The van der Waals surface area contributed by atoms with Gasteiger partial charge in [-0.1, -0.05) is 18.2 Å². The van der Waals surface area contributed by atoms with E-state index >= 15 is 0 Å². The number of rotatable bonds is 5. The van der Waals surface area contributed by atoms with E-state index in [1.54, 1.807) is 25.1 Å². The van der Waals surface area contributed by atoms with Gasteiger partial charge < -0.3 is 20.0 Å². The van der Waals surface area contributed by atoms with Gasteiger partial charge in [0.2, 0.25) is 0 Å². The van der Waals surface area contributed by atoms with E-state index in [9.17, 15) is 23.5 Å². The Morgan fingerprint density at radius 2 is 1.97 bits per heavy atom. The average molecular weight is 416 g/mol. The highest BCUT2D eigenvalue weighted by atomic mass is 19.1. The molecule has 1 aliphatic rings. The number of carboxylic acids is 1. The number of hydrogen-bond acceptors (Lipinski definition) is 3. The molecule has 6 nitrogen and oxygen atoms in total. The van der Waals surface area contributed by atoms with Crippen LogP contribution in [0, 0.1) is 11.6 Å². The number of carboxylic acid groups (broad SMARTS) is 1. The van der Waals surface area contributed by atoms with Crippen LogP contribution < -0.4 is 0 Å². The van der Waals surface area contributed by atoms with Crippen LogP contribution in [0.25, 0.3) is 5.57 Å². The van der Waals surface area contributed by atoms with Crippen molar-refractivity contribution in [2.24, 2.45) is 0 Å². The molecule has 0 spiro atoms. The Balaban J connectivity index is 1.98. The third-order valence-electron chi connectivity index (χ3n) is 5.20. The number of carbonyl (C=O) groups excluding carboxylic acids is 1. The van der Waals surface area contributed by atoms with Gasteiger partial charge in [0.1, 0.15) is 17.4 Å². The third kappa shape index (κ3) is 4.42. The number of hydrogen-bond donors (Lipinski definition) is 2.